The van der Waals surface area contributed by atoms with Crippen molar-refractivity contribution in [1.29, 1.82) is 0 Å². The maximum absolute atomic E-state index is 13.0. The van der Waals surface area contributed by atoms with Crippen LogP contribution in [0.1, 0.15) is 15.9 Å². The van der Waals surface area contributed by atoms with E-state index < -0.39 is 11.7 Å². The van der Waals surface area contributed by atoms with Crippen LogP contribution in [0, 0.1) is 5.82 Å². The van der Waals surface area contributed by atoms with Gasteiger partial charge in [-0.15, -0.1) is 0 Å². The first-order valence-corrected chi connectivity index (χ1v) is 10.2. The molecular formula is C23H19BrFN3O4. The lowest BCUT2D eigenvalue weighted by Gasteiger charge is -2.13. The van der Waals surface area contributed by atoms with Crippen LogP contribution in [-0.2, 0) is 4.79 Å². The second-order valence-electron chi connectivity index (χ2n) is 6.44. The van der Waals surface area contributed by atoms with Crippen LogP contribution in [0.3, 0.4) is 0 Å². The fourth-order valence-electron chi connectivity index (χ4n) is 2.64. The van der Waals surface area contributed by atoms with E-state index in [2.05, 4.69) is 31.8 Å². The number of nitrogens with zero attached hydrogens (tertiary/aromatic N) is 1. The number of hydrogen-bond acceptors (Lipinski definition) is 5. The van der Waals surface area contributed by atoms with Gasteiger partial charge in [0.15, 0.2) is 18.1 Å². The highest BCUT2D eigenvalue weighted by Gasteiger charge is 2.13. The van der Waals surface area contributed by atoms with Gasteiger partial charge in [0.2, 0.25) is 0 Å². The van der Waals surface area contributed by atoms with Crippen LogP contribution in [0.4, 0.5) is 10.1 Å². The van der Waals surface area contributed by atoms with E-state index in [9.17, 15) is 14.0 Å². The topological polar surface area (TPSA) is 89.0 Å². The summed E-state index contributed by atoms with van der Waals surface area (Å²) < 4.78 is 24.4. The van der Waals surface area contributed by atoms with E-state index in [1.807, 2.05) is 6.07 Å². The van der Waals surface area contributed by atoms with Crippen molar-refractivity contribution in [2.75, 3.05) is 19.0 Å². The van der Waals surface area contributed by atoms with Gasteiger partial charge in [-0.3, -0.25) is 9.59 Å². The molecule has 0 aromatic heterocycles. The number of hydrazone groups is 1. The Morgan fingerprint density at radius 3 is 2.50 bits per heavy atom. The van der Waals surface area contributed by atoms with Crippen LogP contribution in [0.5, 0.6) is 11.5 Å². The number of carbonyl (C=O) groups is 2. The van der Waals surface area contributed by atoms with Crippen molar-refractivity contribution in [3.05, 3.63) is 88.1 Å². The first kappa shape index (κ1) is 23.0. The number of methoxy groups -OCH3 is 1. The van der Waals surface area contributed by atoms with Crippen molar-refractivity contribution >= 4 is 39.6 Å². The Hall–Kier alpha value is -3.72. The number of amides is 2. The van der Waals surface area contributed by atoms with Crippen molar-refractivity contribution in [2.45, 2.75) is 0 Å². The molecule has 0 aliphatic carbocycles. The van der Waals surface area contributed by atoms with Crippen molar-refractivity contribution < 1.29 is 23.5 Å². The van der Waals surface area contributed by atoms with E-state index in [4.69, 9.17) is 9.47 Å². The molecule has 0 saturated carbocycles. The zero-order valence-corrected chi connectivity index (χ0v) is 18.6. The number of carbonyl (C=O) groups excluding carboxylic acids is 2. The molecule has 7 nitrogen and oxygen atoms in total. The van der Waals surface area contributed by atoms with Crippen LogP contribution in [0.15, 0.2) is 76.3 Å². The third-order valence-corrected chi connectivity index (χ3v) is 4.73. The molecule has 9 heteroatoms. The third kappa shape index (κ3) is 6.39. The summed E-state index contributed by atoms with van der Waals surface area (Å²) in [5, 5.41) is 6.57. The molecule has 0 radical (unpaired) electrons. The summed E-state index contributed by atoms with van der Waals surface area (Å²) in [7, 11) is 1.46. The zero-order valence-electron chi connectivity index (χ0n) is 17.0. The van der Waals surface area contributed by atoms with Crippen molar-refractivity contribution in [3.8, 4) is 11.5 Å². The minimum absolute atomic E-state index is 0.285. The molecule has 0 spiro atoms. The van der Waals surface area contributed by atoms with Gasteiger partial charge >= 0.3 is 0 Å². The Kier molecular flexibility index (Phi) is 7.93. The Balaban J connectivity index is 1.62. The lowest BCUT2D eigenvalue weighted by atomic mass is 10.2. The van der Waals surface area contributed by atoms with Gasteiger partial charge in [0.05, 0.1) is 17.8 Å². The summed E-state index contributed by atoms with van der Waals surface area (Å²) in [6, 6.07) is 17.5. The Bertz CT molecular complexity index is 1120. The number of nitrogens with one attached hydrogen (secondary N) is 2. The second-order valence-corrected chi connectivity index (χ2v) is 7.30. The van der Waals surface area contributed by atoms with Gasteiger partial charge in [-0.25, -0.2) is 9.82 Å². The minimum atomic E-state index is -0.417. The standard InChI is InChI=1S/C23H19BrFN3O4/c1-31-20-12-15(13-26-28-23(30)16-5-3-2-4-6-16)11-19(24)22(20)32-14-21(29)27-18-9-7-17(25)8-10-18/h2-13H,14H2,1H3,(H,27,29)(H,28,30)/b26-13+. The van der Waals surface area contributed by atoms with E-state index in [1.165, 1.54) is 37.6 Å². The molecule has 0 fully saturated rings. The number of benzene rings is 3. The van der Waals surface area contributed by atoms with Crippen LogP contribution >= 0.6 is 15.9 Å². The van der Waals surface area contributed by atoms with Crippen molar-refractivity contribution in [1.82, 2.24) is 5.43 Å². The molecule has 32 heavy (non-hydrogen) atoms. The van der Waals surface area contributed by atoms with Gasteiger partial charge in [-0.1, -0.05) is 18.2 Å². The number of rotatable bonds is 8. The van der Waals surface area contributed by atoms with Crippen LogP contribution in [0.2, 0.25) is 0 Å². The normalized spacial score (nSPS) is 10.6. The van der Waals surface area contributed by atoms with E-state index in [-0.39, 0.29) is 12.5 Å². The predicted octanol–water partition coefficient (Wildman–Crippen LogP) is 4.38. The highest BCUT2D eigenvalue weighted by Crippen LogP contribution is 2.36. The fraction of sp³-hybridized carbons (Fsp3) is 0.0870. The molecule has 0 atom stereocenters. The molecule has 3 aromatic carbocycles. The second kappa shape index (κ2) is 11.1. The minimum Gasteiger partial charge on any atom is -0.493 e. The maximum atomic E-state index is 13.0. The largest absolute Gasteiger partial charge is 0.493 e. The third-order valence-electron chi connectivity index (χ3n) is 4.14. The first-order valence-electron chi connectivity index (χ1n) is 9.40. The predicted molar refractivity (Wildman–Crippen MR) is 123 cm³/mol. The summed E-state index contributed by atoms with van der Waals surface area (Å²) in [4.78, 5) is 24.2. The van der Waals surface area contributed by atoms with Crippen LogP contribution in [-0.4, -0.2) is 31.7 Å². The lowest BCUT2D eigenvalue weighted by molar-refractivity contribution is -0.118. The van der Waals surface area contributed by atoms with Crippen molar-refractivity contribution in [3.63, 3.8) is 0 Å². The molecular weight excluding hydrogens is 481 g/mol. The molecule has 3 rings (SSSR count). The molecule has 0 aliphatic rings. The average molecular weight is 500 g/mol. The van der Waals surface area contributed by atoms with E-state index >= 15 is 0 Å². The monoisotopic (exact) mass is 499 g/mol. The van der Waals surface area contributed by atoms with Gasteiger partial charge < -0.3 is 14.8 Å². The van der Waals surface area contributed by atoms with Crippen LogP contribution < -0.4 is 20.2 Å². The van der Waals surface area contributed by atoms with Gasteiger partial charge in [0, 0.05) is 11.3 Å². The zero-order chi connectivity index (χ0) is 22.9. The number of ether oxygens (including phenoxy) is 2. The number of anilines is 1. The molecule has 0 saturated heterocycles. The Labute approximate surface area is 192 Å². The van der Waals surface area contributed by atoms with Crippen LogP contribution in [0.25, 0.3) is 0 Å². The molecule has 0 bridgehead atoms. The molecule has 3 aromatic rings. The lowest BCUT2D eigenvalue weighted by Crippen LogP contribution is -2.20. The Morgan fingerprint density at radius 2 is 1.81 bits per heavy atom. The van der Waals surface area contributed by atoms with Gasteiger partial charge in [-0.05, 0) is 70.0 Å². The van der Waals surface area contributed by atoms with Gasteiger partial charge in [-0.2, -0.15) is 5.10 Å². The highest BCUT2D eigenvalue weighted by molar-refractivity contribution is 9.10. The Morgan fingerprint density at radius 1 is 1.09 bits per heavy atom. The highest BCUT2D eigenvalue weighted by atomic mass is 79.9. The van der Waals surface area contributed by atoms with E-state index in [1.54, 1.807) is 36.4 Å². The summed E-state index contributed by atoms with van der Waals surface area (Å²) >= 11 is 3.39. The molecule has 2 N–H and O–H groups in total. The summed E-state index contributed by atoms with van der Waals surface area (Å²) in [6.45, 7) is -0.285. The summed E-state index contributed by atoms with van der Waals surface area (Å²) in [5.74, 6) is -0.451. The molecule has 164 valence electrons. The average Bonchev–Trinajstić information content (AvgIpc) is 2.80. The SMILES string of the molecule is COc1cc(/C=N/NC(=O)c2ccccc2)cc(Br)c1OCC(=O)Nc1ccc(F)cc1. The van der Waals surface area contributed by atoms with Gasteiger partial charge in [0.1, 0.15) is 5.82 Å². The van der Waals surface area contributed by atoms with E-state index in [0.717, 1.165) is 0 Å². The van der Waals surface area contributed by atoms with E-state index in [0.29, 0.717) is 32.8 Å². The molecule has 0 aliphatic heterocycles. The summed E-state index contributed by atoms with van der Waals surface area (Å²) in [5.41, 5.74) is 4.03. The summed E-state index contributed by atoms with van der Waals surface area (Å²) in [6.07, 6.45) is 1.46. The van der Waals surface area contributed by atoms with Crippen molar-refractivity contribution in [2.24, 2.45) is 5.10 Å². The maximum Gasteiger partial charge on any atom is 0.271 e. The number of halogens is 2. The molecule has 0 unspecified atom stereocenters. The first-order chi connectivity index (χ1) is 15.5. The molecule has 0 heterocycles. The van der Waals surface area contributed by atoms with Gasteiger partial charge in [0.25, 0.3) is 11.8 Å². The molecule has 2 amide bonds. The quantitative estimate of drug-likeness (QED) is 0.355. The number of hydrogen-bond donors (Lipinski definition) is 2. The fourth-order valence-corrected chi connectivity index (χ4v) is 3.22. The smallest absolute Gasteiger partial charge is 0.271 e.